The summed E-state index contributed by atoms with van der Waals surface area (Å²) in [5.41, 5.74) is 0.324. The van der Waals surface area contributed by atoms with E-state index in [2.05, 4.69) is 15.6 Å². The van der Waals surface area contributed by atoms with E-state index in [9.17, 15) is 18.8 Å². The average molecular weight is 398 g/mol. The molecule has 1 heterocycles. The van der Waals surface area contributed by atoms with Gasteiger partial charge in [-0.3, -0.25) is 19.0 Å². The summed E-state index contributed by atoms with van der Waals surface area (Å²) in [4.78, 5) is 40.5. The minimum Gasteiger partial charge on any atom is -0.497 e. The van der Waals surface area contributed by atoms with Gasteiger partial charge in [0.15, 0.2) is 0 Å². The van der Waals surface area contributed by atoms with Crippen LogP contribution >= 0.6 is 0 Å². The van der Waals surface area contributed by atoms with E-state index in [1.165, 1.54) is 25.6 Å². The lowest BCUT2D eigenvalue weighted by molar-refractivity contribution is -0.121. The van der Waals surface area contributed by atoms with Crippen molar-refractivity contribution in [1.29, 1.82) is 0 Å². The number of halogens is 1. The minimum absolute atomic E-state index is 0.104. The molecule has 3 aromatic rings. The third-order valence-corrected chi connectivity index (χ3v) is 4.18. The summed E-state index contributed by atoms with van der Waals surface area (Å²) in [5.74, 6) is -0.608. The molecule has 2 aromatic carbocycles. The average Bonchev–Trinajstić information content (AvgIpc) is 2.73. The van der Waals surface area contributed by atoms with Crippen molar-refractivity contribution in [3.8, 4) is 5.75 Å². The zero-order valence-electron chi connectivity index (χ0n) is 15.6. The molecule has 0 aliphatic heterocycles. The number of hydrogen-bond donors (Lipinski definition) is 2. The van der Waals surface area contributed by atoms with Crippen molar-refractivity contribution < 1.29 is 18.7 Å². The van der Waals surface area contributed by atoms with Crippen LogP contribution in [0.2, 0.25) is 0 Å². The summed E-state index contributed by atoms with van der Waals surface area (Å²) >= 11 is 0. The summed E-state index contributed by atoms with van der Waals surface area (Å²) in [6.07, 6.45) is 1.24. The Bertz CT molecular complexity index is 1100. The summed E-state index contributed by atoms with van der Waals surface area (Å²) in [7, 11) is 1.54. The Morgan fingerprint density at radius 1 is 1.10 bits per heavy atom. The molecule has 0 atom stereocenters. The Morgan fingerprint density at radius 3 is 2.55 bits per heavy atom. The number of nitrogens with zero attached hydrogens (tertiary/aromatic N) is 2. The molecule has 2 amide bonds. The maximum Gasteiger partial charge on any atom is 0.261 e. The number of ether oxygens (including phenoxy) is 1. The van der Waals surface area contributed by atoms with Crippen LogP contribution in [0, 0.1) is 5.82 Å². The highest BCUT2D eigenvalue weighted by Gasteiger charge is 2.09. The highest BCUT2D eigenvalue weighted by Crippen LogP contribution is 2.11. The van der Waals surface area contributed by atoms with E-state index in [-0.39, 0.29) is 30.9 Å². The van der Waals surface area contributed by atoms with Gasteiger partial charge in [0.1, 0.15) is 18.1 Å². The maximum absolute atomic E-state index is 13.3. The monoisotopic (exact) mass is 398 g/mol. The standard InChI is InChI=1S/C20H19FN4O4/c1-29-15-5-2-13(3-6-15)19(27)23-9-8-22-18(26)11-25-12-24-17-7-4-14(21)10-16(17)20(25)28/h2-7,10,12H,8-9,11H2,1H3,(H,22,26)(H,23,27). The summed E-state index contributed by atoms with van der Waals surface area (Å²) in [6.45, 7) is 0.141. The van der Waals surface area contributed by atoms with Gasteiger partial charge in [-0.1, -0.05) is 0 Å². The third-order valence-electron chi connectivity index (χ3n) is 4.18. The third kappa shape index (κ3) is 4.95. The second-order valence-electron chi connectivity index (χ2n) is 6.17. The molecule has 3 rings (SSSR count). The Balaban J connectivity index is 1.50. The van der Waals surface area contributed by atoms with Gasteiger partial charge in [-0.05, 0) is 42.5 Å². The molecule has 9 heteroatoms. The number of carbonyl (C=O) groups is 2. The number of rotatable bonds is 7. The molecule has 0 aliphatic carbocycles. The molecule has 0 saturated heterocycles. The van der Waals surface area contributed by atoms with Crippen LogP contribution in [0.1, 0.15) is 10.4 Å². The lowest BCUT2D eigenvalue weighted by Gasteiger charge is -2.09. The first-order chi connectivity index (χ1) is 14.0. The summed E-state index contributed by atoms with van der Waals surface area (Å²) in [5, 5.41) is 5.39. The lowest BCUT2D eigenvalue weighted by Crippen LogP contribution is -2.37. The normalized spacial score (nSPS) is 10.6. The van der Waals surface area contributed by atoms with Crippen LogP contribution in [0.25, 0.3) is 10.9 Å². The van der Waals surface area contributed by atoms with E-state index in [1.807, 2.05) is 0 Å². The van der Waals surface area contributed by atoms with Gasteiger partial charge < -0.3 is 15.4 Å². The van der Waals surface area contributed by atoms with E-state index in [4.69, 9.17) is 4.74 Å². The van der Waals surface area contributed by atoms with Crippen LogP contribution in [0.4, 0.5) is 4.39 Å². The van der Waals surface area contributed by atoms with Crippen LogP contribution in [0.15, 0.2) is 53.6 Å². The van der Waals surface area contributed by atoms with Crippen LogP contribution in [0.5, 0.6) is 5.75 Å². The molecule has 0 unspecified atom stereocenters. The quantitative estimate of drug-likeness (QED) is 0.580. The molecule has 2 N–H and O–H groups in total. The van der Waals surface area contributed by atoms with Crippen molar-refractivity contribution in [3.63, 3.8) is 0 Å². The number of fused-ring (bicyclic) bond motifs is 1. The number of methoxy groups -OCH3 is 1. The Kier molecular flexibility index (Phi) is 6.18. The second-order valence-corrected chi connectivity index (χ2v) is 6.17. The van der Waals surface area contributed by atoms with Crippen molar-refractivity contribution in [2.45, 2.75) is 6.54 Å². The van der Waals surface area contributed by atoms with Gasteiger partial charge >= 0.3 is 0 Å². The molecule has 0 aliphatic rings. The first-order valence-electron chi connectivity index (χ1n) is 8.81. The van der Waals surface area contributed by atoms with E-state index in [0.717, 1.165) is 10.6 Å². The molecular weight excluding hydrogens is 379 g/mol. The largest absolute Gasteiger partial charge is 0.497 e. The van der Waals surface area contributed by atoms with Gasteiger partial charge in [0, 0.05) is 18.7 Å². The van der Waals surface area contributed by atoms with Gasteiger partial charge in [0.25, 0.3) is 11.5 Å². The summed E-state index contributed by atoms with van der Waals surface area (Å²) in [6, 6.07) is 10.3. The SMILES string of the molecule is COc1ccc(C(=O)NCCNC(=O)Cn2cnc3ccc(F)cc3c2=O)cc1. The van der Waals surface area contributed by atoms with Crippen molar-refractivity contribution in [1.82, 2.24) is 20.2 Å². The van der Waals surface area contributed by atoms with Crippen molar-refractivity contribution in [2.24, 2.45) is 0 Å². The van der Waals surface area contributed by atoms with E-state index in [0.29, 0.717) is 16.8 Å². The number of aromatic nitrogens is 2. The molecule has 0 fully saturated rings. The zero-order chi connectivity index (χ0) is 20.8. The van der Waals surface area contributed by atoms with Crippen molar-refractivity contribution >= 4 is 22.7 Å². The van der Waals surface area contributed by atoms with Crippen LogP contribution in [0.3, 0.4) is 0 Å². The number of hydrogen-bond acceptors (Lipinski definition) is 5. The fourth-order valence-electron chi connectivity index (χ4n) is 2.68. The number of nitrogens with one attached hydrogen (secondary N) is 2. The minimum atomic E-state index is -0.550. The summed E-state index contributed by atoms with van der Waals surface area (Å²) < 4.78 is 19.5. The smallest absolute Gasteiger partial charge is 0.261 e. The van der Waals surface area contributed by atoms with E-state index in [1.54, 1.807) is 24.3 Å². The highest BCUT2D eigenvalue weighted by molar-refractivity contribution is 5.94. The van der Waals surface area contributed by atoms with Crippen molar-refractivity contribution in [2.75, 3.05) is 20.2 Å². The highest BCUT2D eigenvalue weighted by atomic mass is 19.1. The first kappa shape index (κ1) is 20.0. The Labute approximate surface area is 165 Å². The molecular formula is C20H19FN4O4. The van der Waals surface area contributed by atoms with E-state index < -0.39 is 17.3 Å². The maximum atomic E-state index is 13.3. The topological polar surface area (TPSA) is 102 Å². The van der Waals surface area contributed by atoms with Crippen LogP contribution in [-0.2, 0) is 11.3 Å². The first-order valence-corrected chi connectivity index (χ1v) is 8.81. The molecule has 0 bridgehead atoms. The zero-order valence-corrected chi connectivity index (χ0v) is 15.6. The van der Waals surface area contributed by atoms with Crippen molar-refractivity contribution in [3.05, 3.63) is 70.5 Å². The Morgan fingerprint density at radius 2 is 1.83 bits per heavy atom. The van der Waals surface area contributed by atoms with E-state index >= 15 is 0 Å². The van der Waals surface area contributed by atoms with Gasteiger partial charge in [-0.25, -0.2) is 9.37 Å². The molecule has 8 nitrogen and oxygen atoms in total. The Hall–Kier alpha value is -3.75. The van der Waals surface area contributed by atoms with Crippen LogP contribution in [-0.4, -0.2) is 41.6 Å². The molecule has 0 saturated carbocycles. The predicted octanol–water partition coefficient (Wildman–Crippen LogP) is 1.09. The molecule has 0 radical (unpaired) electrons. The molecule has 0 spiro atoms. The fraction of sp³-hybridized carbons (Fsp3) is 0.200. The van der Waals surface area contributed by atoms with Gasteiger partial charge in [0.2, 0.25) is 5.91 Å². The number of benzene rings is 2. The lowest BCUT2D eigenvalue weighted by atomic mass is 10.2. The number of carbonyl (C=O) groups excluding carboxylic acids is 2. The number of amides is 2. The van der Waals surface area contributed by atoms with Gasteiger partial charge in [-0.15, -0.1) is 0 Å². The molecule has 150 valence electrons. The predicted molar refractivity (Wildman–Crippen MR) is 104 cm³/mol. The van der Waals surface area contributed by atoms with Gasteiger partial charge in [-0.2, -0.15) is 0 Å². The fourth-order valence-corrected chi connectivity index (χ4v) is 2.68. The second kappa shape index (κ2) is 8.96. The van der Waals surface area contributed by atoms with Crippen LogP contribution < -0.4 is 20.9 Å². The molecule has 1 aromatic heterocycles. The van der Waals surface area contributed by atoms with Gasteiger partial charge in [0.05, 0.1) is 24.3 Å². The molecule has 29 heavy (non-hydrogen) atoms.